The number of aryl methyl sites for hydroxylation is 2. The molecule has 0 aromatic heterocycles. The van der Waals surface area contributed by atoms with E-state index in [9.17, 15) is 9.18 Å². The van der Waals surface area contributed by atoms with Gasteiger partial charge in [0, 0.05) is 49.1 Å². The number of piperazine rings is 1. The van der Waals surface area contributed by atoms with Crippen LogP contribution in [0.1, 0.15) is 27.0 Å². The Morgan fingerprint density at radius 1 is 0.912 bits per heavy atom. The van der Waals surface area contributed by atoms with Crippen LogP contribution >= 0.6 is 0 Å². The highest BCUT2D eigenvalue weighted by Crippen LogP contribution is 2.30. The van der Waals surface area contributed by atoms with Gasteiger partial charge in [0.25, 0.3) is 0 Å². The minimum atomic E-state index is -0.424. The Kier molecular flexibility index (Phi) is 7.13. The second-order valence-electron chi connectivity index (χ2n) is 8.98. The van der Waals surface area contributed by atoms with Crippen LogP contribution in [0.5, 0.6) is 5.75 Å². The highest BCUT2D eigenvalue weighted by molar-refractivity contribution is 6.11. The quantitative estimate of drug-likeness (QED) is 0.347. The van der Waals surface area contributed by atoms with Gasteiger partial charge in [-0.1, -0.05) is 35.4 Å². The van der Waals surface area contributed by atoms with Gasteiger partial charge in [-0.25, -0.2) is 4.39 Å². The van der Waals surface area contributed by atoms with Crippen molar-refractivity contribution in [1.29, 1.82) is 0 Å². The molecular formula is C29H31FN2O2. The number of likely N-dealkylation sites (N-methyl/N-ethyl adjacent to an activating group) is 1. The molecule has 0 atom stereocenters. The summed E-state index contributed by atoms with van der Waals surface area (Å²) >= 11 is 0. The third-order valence-corrected chi connectivity index (χ3v) is 6.28. The standard InChI is InChI=1S/C29H31FN2O2/c1-20-15-21(2)17-24(16-20)23-6-9-28(32-13-11-31(3)12-14-32)26(18-23)29(33)10-7-22-5-8-25(34-4)19-27(22)30/h5-10,15-19H,11-14H2,1-4H3/b10-7+. The molecular weight excluding hydrogens is 427 g/mol. The van der Waals surface area contributed by atoms with Crippen molar-refractivity contribution in [3.8, 4) is 16.9 Å². The molecule has 3 aromatic rings. The molecule has 1 aliphatic heterocycles. The molecule has 0 radical (unpaired) electrons. The van der Waals surface area contributed by atoms with Gasteiger partial charge >= 0.3 is 0 Å². The van der Waals surface area contributed by atoms with E-state index in [1.807, 2.05) is 12.1 Å². The molecule has 3 aromatic carbocycles. The molecule has 0 N–H and O–H groups in total. The minimum Gasteiger partial charge on any atom is -0.497 e. The fraction of sp³-hybridized carbons (Fsp3) is 0.276. The predicted octanol–water partition coefficient (Wildman–Crippen LogP) is 5.77. The fourth-order valence-corrected chi connectivity index (χ4v) is 4.40. The molecule has 0 unspecified atom stereocenters. The molecule has 1 fully saturated rings. The average Bonchev–Trinajstić information content (AvgIpc) is 2.82. The first-order valence-electron chi connectivity index (χ1n) is 11.6. The van der Waals surface area contributed by atoms with Crippen molar-refractivity contribution in [1.82, 2.24) is 4.90 Å². The molecule has 0 aliphatic carbocycles. The molecule has 0 bridgehead atoms. The lowest BCUT2D eigenvalue weighted by Crippen LogP contribution is -2.45. The molecule has 1 saturated heterocycles. The third kappa shape index (κ3) is 5.37. The molecule has 5 heteroatoms. The molecule has 0 spiro atoms. The molecule has 0 amide bonds. The van der Waals surface area contributed by atoms with Crippen LogP contribution in [0.4, 0.5) is 10.1 Å². The van der Waals surface area contributed by atoms with Crippen LogP contribution in [0.3, 0.4) is 0 Å². The third-order valence-electron chi connectivity index (χ3n) is 6.28. The summed E-state index contributed by atoms with van der Waals surface area (Å²) in [6.07, 6.45) is 3.00. The number of benzene rings is 3. The monoisotopic (exact) mass is 458 g/mol. The van der Waals surface area contributed by atoms with Crippen molar-refractivity contribution in [3.05, 3.63) is 88.7 Å². The number of rotatable bonds is 6. The van der Waals surface area contributed by atoms with Gasteiger partial charge in [0.15, 0.2) is 5.78 Å². The second-order valence-corrected chi connectivity index (χ2v) is 8.98. The Labute approximate surface area is 201 Å². The van der Waals surface area contributed by atoms with Gasteiger partial charge in [0.05, 0.1) is 7.11 Å². The van der Waals surface area contributed by atoms with Crippen LogP contribution in [0.2, 0.25) is 0 Å². The highest BCUT2D eigenvalue weighted by atomic mass is 19.1. The van der Waals surface area contributed by atoms with Gasteiger partial charge in [-0.2, -0.15) is 0 Å². The number of halogens is 1. The number of anilines is 1. The zero-order chi connectivity index (χ0) is 24.2. The number of carbonyl (C=O) groups excluding carboxylic acids is 1. The highest BCUT2D eigenvalue weighted by Gasteiger charge is 2.20. The Morgan fingerprint density at radius 3 is 2.26 bits per heavy atom. The van der Waals surface area contributed by atoms with Gasteiger partial charge < -0.3 is 14.5 Å². The van der Waals surface area contributed by atoms with Crippen LogP contribution in [0.25, 0.3) is 17.2 Å². The van der Waals surface area contributed by atoms with E-state index in [0.717, 1.165) is 43.0 Å². The van der Waals surface area contributed by atoms with Crippen molar-refractivity contribution < 1.29 is 13.9 Å². The second kappa shape index (κ2) is 10.2. The van der Waals surface area contributed by atoms with E-state index < -0.39 is 5.82 Å². The summed E-state index contributed by atoms with van der Waals surface area (Å²) in [6.45, 7) is 7.76. The smallest absolute Gasteiger partial charge is 0.187 e. The Balaban J connectivity index is 1.71. The maximum absolute atomic E-state index is 14.4. The van der Waals surface area contributed by atoms with Crippen molar-refractivity contribution in [2.75, 3.05) is 45.2 Å². The van der Waals surface area contributed by atoms with Gasteiger partial charge in [0.1, 0.15) is 11.6 Å². The Bertz CT molecular complexity index is 1210. The lowest BCUT2D eigenvalue weighted by atomic mass is 9.96. The van der Waals surface area contributed by atoms with E-state index in [4.69, 9.17) is 4.74 Å². The van der Waals surface area contributed by atoms with Crippen LogP contribution in [-0.2, 0) is 0 Å². The minimum absolute atomic E-state index is 0.143. The van der Waals surface area contributed by atoms with E-state index >= 15 is 0 Å². The van der Waals surface area contributed by atoms with Gasteiger partial charge in [0.2, 0.25) is 0 Å². The van der Waals surface area contributed by atoms with Gasteiger partial charge in [-0.3, -0.25) is 4.79 Å². The first kappa shape index (κ1) is 23.7. The van der Waals surface area contributed by atoms with Crippen LogP contribution in [-0.4, -0.2) is 51.0 Å². The topological polar surface area (TPSA) is 32.8 Å². The van der Waals surface area contributed by atoms with Crippen LogP contribution in [0.15, 0.2) is 60.7 Å². The lowest BCUT2D eigenvalue weighted by molar-refractivity contribution is 0.104. The summed E-state index contributed by atoms with van der Waals surface area (Å²) in [5.74, 6) is -0.124. The zero-order valence-corrected chi connectivity index (χ0v) is 20.3. The molecule has 4 rings (SSSR count). The fourth-order valence-electron chi connectivity index (χ4n) is 4.40. The number of ketones is 1. The number of hydrogen-bond donors (Lipinski definition) is 0. The summed E-state index contributed by atoms with van der Waals surface area (Å²) in [4.78, 5) is 18.0. The molecule has 1 heterocycles. The predicted molar refractivity (Wildman–Crippen MR) is 137 cm³/mol. The van der Waals surface area contributed by atoms with Crippen LogP contribution in [0, 0.1) is 19.7 Å². The van der Waals surface area contributed by atoms with Crippen molar-refractivity contribution in [2.45, 2.75) is 13.8 Å². The Hall–Kier alpha value is -3.44. The lowest BCUT2D eigenvalue weighted by Gasteiger charge is -2.35. The van der Waals surface area contributed by atoms with Crippen LogP contribution < -0.4 is 9.64 Å². The molecule has 1 aliphatic rings. The van der Waals surface area contributed by atoms with E-state index in [1.165, 1.54) is 36.5 Å². The average molecular weight is 459 g/mol. The summed E-state index contributed by atoms with van der Waals surface area (Å²) in [7, 11) is 3.61. The molecule has 0 saturated carbocycles. The summed E-state index contributed by atoms with van der Waals surface area (Å²) in [6, 6.07) is 17.1. The normalized spacial score (nSPS) is 14.6. The SMILES string of the molecule is COc1ccc(/C=C/C(=O)c2cc(-c3cc(C)cc(C)c3)ccc2N2CCN(C)CC2)c(F)c1. The summed E-state index contributed by atoms with van der Waals surface area (Å²) in [5.41, 5.74) is 6.35. The van der Waals surface area contributed by atoms with Crippen molar-refractivity contribution >= 4 is 17.5 Å². The van der Waals surface area contributed by atoms with E-state index in [-0.39, 0.29) is 5.78 Å². The van der Waals surface area contributed by atoms with E-state index in [2.05, 4.69) is 55.0 Å². The number of allylic oxidation sites excluding steroid dienone is 1. The molecule has 4 nitrogen and oxygen atoms in total. The number of methoxy groups -OCH3 is 1. The largest absolute Gasteiger partial charge is 0.497 e. The maximum atomic E-state index is 14.4. The first-order valence-corrected chi connectivity index (χ1v) is 11.6. The zero-order valence-electron chi connectivity index (χ0n) is 20.3. The van der Waals surface area contributed by atoms with Crippen molar-refractivity contribution in [2.24, 2.45) is 0 Å². The van der Waals surface area contributed by atoms with Gasteiger partial charge in [-0.05, 0) is 68.4 Å². The molecule has 176 valence electrons. The van der Waals surface area contributed by atoms with E-state index in [1.54, 1.807) is 12.1 Å². The molecule has 34 heavy (non-hydrogen) atoms. The number of ether oxygens (including phenoxy) is 1. The summed E-state index contributed by atoms with van der Waals surface area (Å²) < 4.78 is 19.5. The first-order chi connectivity index (χ1) is 16.3. The van der Waals surface area contributed by atoms with Crippen molar-refractivity contribution in [3.63, 3.8) is 0 Å². The van der Waals surface area contributed by atoms with E-state index in [0.29, 0.717) is 16.9 Å². The maximum Gasteiger partial charge on any atom is 0.187 e. The Morgan fingerprint density at radius 2 is 1.62 bits per heavy atom. The number of nitrogens with zero attached hydrogens (tertiary/aromatic N) is 2. The van der Waals surface area contributed by atoms with Gasteiger partial charge in [-0.15, -0.1) is 0 Å². The summed E-state index contributed by atoms with van der Waals surface area (Å²) in [5, 5.41) is 0. The number of hydrogen-bond acceptors (Lipinski definition) is 4. The number of carbonyl (C=O) groups is 1.